The van der Waals surface area contributed by atoms with E-state index in [4.69, 9.17) is 9.47 Å². The molecule has 4 nitrogen and oxygen atoms in total. The molecule has 138 valence electrons. The third-order valence-corrected chi connectivity index (χ3v) is 6.51. The number of nitrogens with zero attached hydrogens (tertiary/aromatic N) is 2. The predicted molar refractivity (Wildman–Crippen MR) is 104 cm³/mol. The highest BCUT2D eigenvalue weighted by Crippen LogP contribution is 2.48. The second-order valence-electron chi connectivity index (χ2n) is 7.57. The first-order valence-corrected chi connectivity index (χ1v) is 9.51. The molecule has 2 heterocycles. The summed E-state index contributed by atoms with van der Waals surface area (Å²) in [5.41, 5.74) is 2.17. The van der Waals surface area contributed by atoms with E-state index in [0.29, 0.717) is 18.0 Å². The van der Waals surface area contributed by atoms with Gasteiger partial charge in [-0.25, -0.2) is 0 Å². The van der Waals surface area contributed by atoms with Crippen molar-refractivity contribution in [2.75, 3.05) is 20.8 Å². The molecule has 2 fully saturated rings. The van der Waals surface area contributed by atoms with Crippen LogP contribution in [-0.2, 0) is 4.74 Å². The van der Waals surface area contributed by atoms with Gasteiger partial charge in [0.1, 0.15) is 5.75 Å². The number of likely N-dealkylation sites (tertiary alicyclic amines) is 1. The average molecular weight is 352 g/mol. The van der Waals surface area contributed by atoms with Gasteiger partial charge in [0, 0.05) is 30.8 Å². The summed E-state index contributed by atoms with van der Waals surface area (Å²) in [6.45, 7) is 7.44. The summed E-state index contributed by atoms with van der Waals surface area (Å²) in [6.07, 6.45) is 6.54. The highest BCUT2D eigenvalue weighted by Gasteiger charge is 2.49. The molecule has 1 aliphatic carbocycles. The Morgan fingerprint density at radius 3 is 2.88 bits per heavy atom. The van der Waals surface area contributed by atoms with Crippen LogP contribution in [0.5, 0.6) is 5.75 Å². The van der Waals surface area contributed by atoms with Crippen molar-refractivity contribution in [3.05, 3.63) is 48.7 Å². The van der Waals surface area contributed by atoms with Gasteiger partial charge in [-0.1, -0.05) is 6.08 Å². The maximum absolute atomic E-state index is 6.02. The molecular formula is C22H28N2O2. The number of fused-ring (bicyclic) bond motifs is 2. The van der Waals surface area contributed by atoms with Gasteiger partial charge in [-0.2, -0.15) is 0 Å². The maximum atomic E-state index is 6.02. The molecule has 2 aromatic rings. The van der Waals surface area contributed by atoms with Crippen molar-refractivity contribution in [2.24, 2.45) is 11.8 Å². The van der Waals surface area contributed by atoms with Crippen LogP contribution >= 0.6 is 0 Å². The van der Waals surface area contributed by atoms with Crippen LogP contribution in [-0.4, -0.2) is 42.7 Å². The van der Waals surface area contributed by atoms with Crippen LogP contribution in [0.2, 0.25) is 0 Å². The van der Waals surface area contributed by atoms with E-state index >= 15 is 0 Å². The molecule has 2 aliphatic rings. The second kappa shape index (κ2) is 7.01. The lowest BCUT2D eigenvalue weighted by Crippen LogP contribution is -2.50. The van der Waals surface area contributed by atoms with Crippen molar-refractivity contribution in [2.45, 2.75) is 38.0 Å². The number of allylic oxidation sites excluding steroid dienone is 1. The molecule has 26 heavy (non-hydrogen) atoms. The monoisotopic (exact) mass is 352 g/mol. The molecule has 0 N–H and O–H groups in total. The number of hydrogen-bond donors (Lipinski definition) is 0. The Bertz CT molecular complexity index is 806. The van der Waals surface area contributed by atoms with Crippen LogP contribution in [0.25, 0.3) is 10.9 Å². The van der Waals surface area contributed by atoms with Gasteiger partial charge < -0.3 is 9.47 Å². The minimum atomic E-state index is 0.00846. The van der Waals surface area contributed by atoms with Gasteiger partial charge in [-0.15, -0.1) is 6.58 Å². The highest BCUT2D eigenvalue weighted by atomic mass is 16.5. The van der Waals surface area contributed by atoms with E-state index in [2.05, 4.69) is 41.6 Å². The largest absolute Gasteiger partial charge is 0.497 e. The van der Waals surface area contributed by atoms with Crippen molar-refractivity contribution >= 4 is 10.9 Å². The number of aromatic nitrogens is 1. The molecule has 0 spiro atoms. The van der Waals surface area contributed by atoms with Crippen LogP contribution in [0, 0.1) is 11.8 Å². The fourth-order valence-corrected chi connectivity index (χ4v) is 5.03. The summed E-state index contributed by atoms with van der Waals surface area (Å²) in [5, 5.41) is 1.11. The standard InChI is InChI=1S/C22H28N2O2/c1-5-15-12-21-17(15)9-11-24(21)14(2)22(26-4)18-8-10-23-20-7-6-16(25-3)13-19(18)20/h5-8,10,13-15,17,21-22H,1,9,11-12H2,2-4H3/t14-,15?,17-,21?,22-/m0/s1. The van der Waals surface area contributed by atoms with E-state index in [1.54, 1.807) is 7.11 Å². The normalized spacial score (nSPS) is 27.6. The van der Waals surface area contributed by atoms with Gasteiger partial charge in [-0.3, -0.25) is 9.88 Å². The third-order valence-electron chi connectivity index (χ3n) is 6.51. The van der Waals surface area contributed by atoms with E-state index < -0.39 is 0 Å². The number of pyridine rings is 1. The van der Waals surface area contributed by atoms with Crippen molar-refractivity contribution < 1.29 is 9.47 Å². The lowest BCUT2D eigenvalue weighted by molar-refractivity contribution is -0.0115. The van der Waals surface area contributed by atoms with Crippen LogP contribution < -0.4 is 4.74 Å². The molecule has 0 amide bonds. The first kappa shape index (κ1) is 17.5. The molecule has 1 aliphatic heterocycles. The summed E-state index contributed by atoms with van der Waals surface area (Å²) in [4.78, 5) is 7.16. The lowest BCUT2D eigenvalue weighted by atomic mass is 9.69. The van der Waals surface area contributed by atoms with Gasteiger partial charge >= 0.3 is 0 Å². The zero-order valence-corrected chi connectivity index (χ0v) is 15.9. The molecule has 0 bridgehead atoms. The topological polar surface area (TPSA) is 34.6 Å². The van der Waals surface area contributed by atoms with Gasteiger partial charge in [0.2, 0.25) is 0 Å². The number of methoxy groups -OCH3 is 2. The van der Waals surface area contributed by atoms with E-state index in [-0.39, 0.29) is 6.10 Å². The number of rotatable bonds is 6. The van der Waals surface area contributed by atoms with Crippen molar-refractivity contribution in [3.63, 3.8) is 0 Å². The van der Waals surface area contributed by atoms with Crippen LogP contribution in [0.1, 0.15) is 31.4 Å². The fraction of sp³-hybridized carbons (Fsp3) is 0.500. The van der Waals surface area contributed by atoms with Crippen LogP contribution in [0.3, 0.4) is 0 Å². The van der Waals surface area contributed by atoms with E-state index in [0.717, 1.165) is 29.1 Å². The van der Waals surface area contributed by atoms with Gasteiger partial charge in [0.05, 0.1) is 18.7 Å². The molecule has 1 aromatic carbocycles. The predicted octanol–water partition coefficient (Wildman–Crippen LogP) is 4.22. The first-order chi connectivity index (χ1) is 12.7. The SMILES string of the molecule is C=CC1CC2[C@H]1CCN2[C@@H](C)[C@H](OC)c1ccnc2ccc(OC)cc12. The van der Waals surface area contributed by atoms with Crippen molar-refractivity contribution in [1.82, 2.24) is 9.88 Å². The zero-order chi connectivity index (χ0) is 18.3. The fourth-order valence-electron chi connectivity index (χ4n) is 5.03. The molecule has 1 saturated carbocycles. The van der Waals surface area contributed by atoms with Crippen molar-refractivity contribution in [1.29, 1.82) is 0 Å². The summed E-state index contributed by atoms with van der Waals surface area (Å²) >= 11 is 0. The molecule has 4 rings (SSSR count). The number of benzene rings is 1. The number of hydrogen-bond acceptors (Lipinski definition) is 4. The minimum Gasteiger partial charge on any atom is -0.497 e. The van der Waals surface area contributed by atoms with E-state index in [1.165, 1.54) is 18.4 Å². The first-order valence-electron chi connectivity index (χ1n) is 9.51. The van der Waals surface area contributed by atoms with E-state index in [1.807, 2.05) is 25.4 Å². The summed E-state index contributed by atoms with van der Waals surface area (Å²) in [7, 11) is 3.51. The third kappa shape index (κ3) is 2.72. The Balaban J connectivity index is 1.65. The lowest BCUT2D eigenvalue weighted by Gasteiger charge is -2.45. The Morgan fingerprint density at radius 1 is 1.31 bits per heavy atom. The molecule has 2 unspecified atom stereocenters. The average Bonchev–Trinajstić information content (AvgIpc) is 2.99. The quantitative estimate of drug-likeness (QED) is 0.729. The van der Waals surface area contributed by atoms with Gasteiger partial charge in [-0.05, 0) is 68.0 Å². The van der Waals surface area contributed by atoms with Crippen LogP contribution in [0.4, 0.5) is 0 Å². The number of ether oxygens (including phenoxy) is 2. The molecule has 4 heteroatoms. The van der Waals surface area contributed by atoms with Gasteiger partial charge in [0.25, 0.3) is 0 Å². The molecule has 1 saturated heterocycles. The second-order valence-corrected chi connectivity index (χ2v) is 7.57. The Hall–Kier alpha value is -1.91. The smallest absolute Gasteiger partial charge is 0.119 e. The minimum absolute atomic E-state index is 0.00846. The maximum Gasteiger partial charge on any atom is 0.119 e. The molecule has 0 radical (unpaired) electrons. The Kier molecular flexibility index (Phi) is 4.72. The zero-order valence-electron chi connectivity index (χ0n) is 15.9. The summed E-state index contributed by atoms with van der Waals surface area (Å²) < 4.78 is 11.4. The Labute approximate surface area is 155 Å². The molecule has 5 atom stereocenters. The summed E-state index contributed by atoms with van der Waals surface area (Å²) in [5.74, 6) is 2.33. The summed E-state index contributed by atoms with van der Waals surface area (Å²) in [6, 6.07) is 9.12. The van der Waals surface area contributed by atoms with E-state index in [9.17, 15) is 0 Å². The molecule has 1 aromatic heterocycles. The molecular weight excluding hydrogens is 324 g/mol. The Morgan fingerprint density at radius 2 is 2.15 bits per heavy atom. The van der Waals surface area contributed by atoms with Crippen LogP contribution in [0.15, 0.2) is 43.1 Å². The van der Waals surface area contributed by atoms with Gasteiger partial charge in [0.15, 0.2) is 0 Å². The van der Waals surface area contributed by atoms with Crippen molar-refractivity contribution in [3.8, 4) is 5.75 Å². The highest BCUT2D eigenvalue weighted by molar-refractivity contribution is 5.84.